The Kier molecular flexibility index (Phi) is 3.29. The molecule has 4 nitrogen and oxygen atoms in total. The maximum Gasteiger partial charge on any atom is 0.253 e. The first-order valence-electron chi connectivity index (χ1n) is 6.36. The molecule has 0 aromatic heterocycles. The van der Waals surface area contributed by atoms with Crippen LogP contribution in [-0.2, 0) is 9.12 Å². The monoisotopic (exact) mass is 345 g/mol. The van der Waals surface area contributed by atoms with Crippen LogP contribution in [0.4, 0.5) is 5.69 Å². The summed E-state index contributed by atoms with van der Waals surface area (Å²) in [7, 11) is 1.50. The lowest BCUT2D eigenvalue weighted by molar-refractivity contribution is -0.117. The Labute approximate surface area is 130 Å². The Morgan fingerprint density at radius 2 is 1.76 bits per heavy atom. The topological polar surface area (TPSA) is 55.4 Å². The van der Waals surface area contributed by atoms with Gasteiger partial charge in [0.15, 0.2) is 10.1 Å². The number of carbonyl (C=O) groups is 2. The summed E-state index contributed by atoms with van der Waals surface area (Å²) in [5, 5.41) is 2.77. The van der Waals surface area contributed by atoms with Gasteiger partial charge < -0.3 is 10.1 Å². The second kappa shape index (κ2) is 5.00. The molecule has 0 saturated heterocycles. The Bertz CT molecular complexity index is 730. The van der Waals surface area contributed by atoms with Gasteiger partial charge in [-0.3, -0.25) is 9.59 Å². The lowest BCUT2D eigenvalue weighted by Gasteiger charge is -2.31. The van der Waals surface area contributed by atoms with Crippen LogP contribution >= 0.6 is 15.9 Å². The number of methoxy groups -OCH3 is 1. The quantitative estimate of drug-likeness (QED) is 0.672. The average Bonchev–Trinajstić information content (AvgIpc) is 2.53. The molecule has 2 aromatic rings. The third-order valence-electron chi connectivity index (χ3n) is 3.53. The lowest BCUT2D eigenvalue weighted by Crippen LogP contribution is -2.46. The molecule has 0 bridgehead atoms. The Morgan fingerprint density at radius 1 is 1.05 bits per heavy atom. The number of para-hydroxylation sites is 1. The number of nitrogens with one attached hydrogen (secondary N) is 1. The minimum absolute atomic E-state index is 0.300. The van der Waals surface area contributed by atoms with Gasteiger partial charge in [-0.05, 0) is 17.7 Å². The predicted molar refractivity (Wildman–Crippen MR) is 83.0 cm³/mol. The van der Waals surface area contributed by atoms with Crippen LogP contribution in [0.15, 0.2) is 48.5 Å². The first kappa shape index (κ1) is 13.8. The molecular formula is C16H12BrNO3. The van der Waals surface area contributed by atoms with Gasteiger partial charge in [-0.15, -0.1) is 0 Å². The van der Waals surface area contributed by atoms with Gasteiger partial charge in [-0.25, -0.2) is 0 Å². The van der Waals surface area contributed by atoms with Crippen LogP contribution in [0.3, 0.4) is 0 Å². The fraction of sp³-hybridized carbons (Fsp3) is 0.125. The summed E-state index contributed by atoms with van der Waals surface area (Å²) in [4.78, 5) is 25.4. The summed E-state index contributed by atoms with van der Waals surface area (Å²) in [5.74, 6) is -0.251. The van der Waals surface area contributed by atoms with Gasteiger partial charge in [-0.2, -0.15) is 0 Å². The number of fused-ring (bicyclic) bond motifs is 1. The zero-order valence-corrected chi connectivity index (χ0v) is 12.8. The molecule has 0 radical (unpaired) electrons. The standard InChI is InChI=1S/C16H12BrNO3/c1-21-12-9-5-8-11-13(12)18-15(20)16(17,14(11)19)10-6-3-2-4-7-10/h2-9H,1H3,(H,18,20). The number of anilines is 1. The number of alkyl halides is 1. The molecule has 21 heavy (non-hydrogen) atoms. The van der Waals surface area contributed by atoms with Crippen molar-refractivity contribution in [1.82, 2.24) is 0 Å². The van der Waals surface area contributed by atoms with Crippen molar-refractivity contribution in [2.45, 2.75) is 4.32 Å². The lowest BCUT2D eigenvalue weighted by atomic mass is 9.86. The van der Waals surface area contributed by atoms with Crippen molar-refractivity contribution < 1.29 is 14.3 Å². The zero-order chi connectivity index (χ0) is 15.0. The first-order chi connectivity index (χ1) is 10.1. The fourth-order valence-electron chi connectivity index (χ4n) is 2.44. The largest absolute Gasteiger partial charge is 0.495 e. The number of hydrogen-bond donors (Lipinski definition) is 1. The summed E-state index contributed by atoms with van der Waals surface area (Å²) < 4.78 is 3.79. The summed E-state index contributed by atoms with van der Waals surface area (Å²) in [5.41, 5.74) is 1.44. The molecule has 1 atom stereocenters. The number of benzene rings is 2. The molecule has 1 amide bonds. The Balaban J connectivity index is 2.19. The number of amides is 1. The normalized spacial score (nSPS) is 20.7. The Hall–Kier alpha value is -2.14. The van der Waals surface area contributed by atoms with Gasteiger partial charge >= 0.3 is 0 Å². The Morgan fingerprint density at radius 3 is 2.43 bits per heavy atom. The van der Waals surface area contributed by atoms with Crippen LogP contribution in [0.5, 0.6) is 5.75 Å². The van der Waals surface area contributed by atoms with Crippen molar-refractivity contribution in [3.63, 3.8) is 0 Å². The van der Waals surface area contributed by atoms with E-state index < -0.39 is 10.2 Å². The van der Waals surface area contributed by atoms with Gasteiger partial charge in [0.1, 0.15) is 5.75 Å². The zero-order valence-electron chi connectivity index (χ0n) is 11.2. The highest BCUT2D eigenvalue weighted by Crippen LogP contribution is 2.44. The minimum Gasteiger partial charge on any atom is -0.495 e. The van der Waals surface area contributed by atoms with Crippen molar-refractivity contribution in [1.29, 1.82) is 0 Å². The van der Waals surface area contributed by atoms with Crippen molar-refractivity contribution in [2.75, 3.05) is 12.4 Å². The van der Waals surface area contributed by atoms with Crippen LogP contribution in [0.25, 0.3) is 0 Å². The predicted octanol–water partition coefficient (Wildman–Crippen LogP) is 3.12. The molecule has 1 unspecified atom stereocenters. The van der Waals surface area contributed by atoms with E-state index in [0.29, 0.717) is 22.6 Å². The maximum atomic E-state index is 12.9. The molecule has 5 heteroatoms. The number of Topliss-reactive ketones (excluding diaryl/α,β-unsaturated/α-hetero) is 1. The highest BCUT2D eigenvalue weighted by atomic mass is 79.9. The molecule has 0 fully saturated rings. The molecule has 106 valence electrons. The third-order valence-corrected chi connectivity index (χ3v) is 4.70. The van der Waals surface area contributed by atoms with Gasteiger partial charge in [-0.1, -0.05) is 52.3 Å². The van der Waals surface area contributed by atoms with Gasteiger partial charge in [0.05, 0.1) is 12.8 Å². The summed E-state index contributed by atoms with van der Waals surface area (Å²) in [6.45, 7) is 0. The van der Waals surface area contributed by atoms with Crippen LogP contribution in [-0.4, -0.2) is 18.8 Å². The molecule has 0 saturated carbocycles. The summed E-state index contributed by atoms with van der Waals surface area (Å²) in [6.07, 6.45) is 0. The number of carbonyl (C=O) groups excluding carboxylic acids is 2. The highest BCUT2D eigenvalue weighted by molar-refractivity contribution is 9.10. The second-order valence-corrected chi connectivity index (χ2v) is 5.88. The molecule has 1 heterocycles. The number of rotatable bonds is 2. The van der Waals surface area contributed by atoms with E-state index in [1.54, 1.807) is 42.5 Å². The molecule has 3 rings (SSSR count). The minimum atomic E-state index is -1.41. The molecule has 2 aromatic carbocycles. The van der Waals surface area contributed by atoms with Crippen LogP contribution in [0.1, 0.15) is 15.9 Å². The van der Waals surface area contributed by atoms with E-state index in [1.165, 1.54) is 7.11 Å². The molecular weight excluding hydrogens is 334 g/mol. The van der Waals surface area contributed by atoms with E-state index in [4.69, 9.17) is 4.74 Å². The van der Waals surface area contributed by atoms with E-state index in [9.17, 15) is 9.59 Å². The second-order valence-electron chi connectivity index (χ2n) is 4.69. The van der Waals surface area contributed by atoms with Crippen molar-refractivity contribution in [2.24, 2.45) is 0 Å². The van der Waals surface area contributed by atoms with Gasteiger partial charge in [0.25, 0.3) is 5.91 Å². The van der Waals surface area contributed by atoms with Gasteiger partial charge in [0, 0.05) is 5.56 Å². The number of ketones is 1. The van der Waals surface area contributed by atoms with Crippen molar-refractivity contribution in [3.8, 4) is 5.75 Å². The van der Waals surface area contributed by atoms with Crippen LogP contribution < -0.4 is 10.1 Å². The van der Waals surface area contributed by atoms with Gasteiger partial charge in [0.2, 0.25) is 0 Å². The van der Waals surface area contributed by atoms with Crippen LogP contribution in [0.2, 0.25) is 0 Å². The maximum absolute atomic E-state index is 12.9. The molecule has 1 aliphatic rings. The molecule has 1 aliphatic heterocycles. The fourth-order valence-corrected chi connectivity index (χ4v) is 3.01. The number of hydrogen-bond acceptors (Lipinski definition) is 3. The SMILES string of the molecule is COc1cccc2c1NC(=O)C(Br)(c1ccccc1)C2=O. The number of halogens is 1. The first-order valence-corrected chi connectivity index (χ1v) is 7.16. The van der Waals surface area contributed by atoms with Crippen molar-refractivity contribution >= 4 is 33.3 Å². The average molecular weight is 346 g/mol. The summed E-state index contributed by atoms with van der Waals surface area (Å²) >= 11 is 3.35. The third kappa shape index (κ3) is 1.96. The molecule has 0 aliphatic carbocycles. The van der Waals surface area contributed by atoms with E-state index in [1.807, 2.05) is 6.07 Å². The molecule has 0 spiro atoms. The highest BCUT2D eigenvalue weighted by Gasteiger charge is 2.49. The number of ether oxygens (including phenoxy) is 1. The van der Waals surface area contributed by atoms with E-state index in [-0.39, 0.29) is 5.78 Å². The van der Waals surface area contributed by atoms with Crippen LogP contribution in [0, 0.1) is 0 Å². The van der Waals surface area contributed by atoms with E-state index >= 15 is 0 Å². The smallest absolute Gasteiger partial charge is 0.253 e. The van der Waals surface area contributed by atoms with Crippen molar-refractivity contribution in [3.05, 3.63) is 59.7 Å². The van der Waals surface area contributed by atoms with E-state index in [0.717, 1.165) is 0 Å². The summed E-state index contributed by atoms with van der Waals surface area (Å²) in [6, 6.07) is 14.0. The molecule has 1 N–H and O–H groups in total. The van der Waals surface area contributed by atoms with E-state index in [2.05, 4.69) is 21.2 Å².